The third-order valence-corrected chi connectivity index (χ3v) is 4.11. The first-order valence-corrected chi connectivity index (χ1v) is 8.56. The molecule has 0 radical (unpaired) electrons. The number of amides is 1. The lowest BCUT2D eigenvalue weighted by Gasteiger charge is -2.23. The molecule has 0 aliphatic heterocycles. The van der Waals surface area contributed by atoms with Crippen molar-refractivity contribution in [3.05, 3.63) is 54.2 Å². The van der Waals surface area contributed by atoms with E-state index in [-0.39, 0.29) is 18.7 Å². The zero-order chi connectivity index (χ0) is 19.9. The summed E-state index contributed by atoms with van der Waals surface area (Å²) in [6, 6.07) is 16.1. The number of nitrogens with one attached hydrogen (secondary N) is 1. The molecule has 3 rings (SSSR count). The van der Waals surface area contributed by atoms with Gasteiger partial charge in [0.15, 0.2) is 12.3 Å². The van der Waals surface area contributed by atoms with Gasteiger partial charge in [0.1, 0.15) is 5.75 Å². The molecular weight excluding hydrogens is 360 g/mol. The molecule has 0 fully saturated rings. The highest BCUT2D eigenvalue weighted by Gasteiger charge is 2.22. The standard InChI is InChI=1S/C20H18N4O4/c1-27-17-10-5-4-9-16(17)24(12-6-11-21)18(25)13-28-20(26)19-14-7-2-3-8-15(14)22-23-19/h2-5,7-10H,6,12-13H2,1H3,(H,22,23). The largest absolute Gasteiger partial charge is 0.495 e. The van der Waals surface area contributed by atoms with Gasteiger partial charge in [-0.3, -0.25) is 9.89 Å². The zero-order valence-corrected chi connectivity index (χ0v) is 15.2. The number of carbonyl (C=O) groups excluding carboxylic acids is 2. The second-order valence-electron chi connectivity index (χ2n) is 5.82. The number of hydrogen-bond donors (Lipinski definition) is 1. The Morgan fingerprint density at radius 2 is 1.93 bits per heavy atom. The van der Waals surface area contributed by atoms with Crippen molar-refractivity contribution in [3.8, 4) is 11.8 Å². The first kappa shape index (κ1) is 18.9. The molecule has 0 atom stereocenters. The Morgan fingerprint density at radius 3 is 2.71 bits per heavy atom. The molecule has 1 aromatic heterocycles. The van der Waals surface area contributed by atoms with E-state index in [0.29, 0.717) is 22.3 Å². The number of H-pyrrole nitrogens is 1. The number of esters is 1. The minimum atomic E-state index is -0.703. The van der Waals surface area contributed by atoms with Crippen molar-refractivity contribution in [2.45, 2.75) is 6.42 Å². The summed E-state index contributed by atoms with van der Waals surface area (Å²) in [5.41, 5.74) is 1.32. The van der Waals surface area contributed by atoms with Crippen LogP contribution in [0.3, 0.4) is 0 Å². The average Bonchev–Trinajstić information content (AvgIpc) is 3.17. The molecule has 0 saturated carbocycles. The van der Waals surface area contributed by atoms with Crippen LogP contribution in [-0.2, 0) is 9.53 Å². The molecule has 0 saturated heterocycles. The van der Waals surface area contributed by atoms with Gasteiger partial charge in [0.05, 0.1) is 30.8 Å². The van der Waals surface area contributed by atoms with Gasteiger partial charge in [0.2, 0.25) is 0 Å². The molecule has 28 heavy (non-hydrogen) atoms. The number of aromatic amines is 1. The topological polar surface area (TPSA) is 108 Å². The van der Waals surface area contributed by atoms with E-state index in [4.69, 9.17) is 14.7 Å². The fourth-order valence-electron chi connectivity index (χ4n) is 2.79. The molecular formula is C20H18N4O4. The summed E-state index contributed by atoms with van der Waals surface area (Å²) in [6.45, 7) is -0.331. The number of ether oxygens (including phenoxy) is 2. The van der Waals surface area contributed by atoms with Gasteiger partial charge < -0.3 is 14.4 Å². The van der Waals surface area contributed by atoms with Crippen molar-refractivity contribution in [1.29, 1.82) is 5.26 Å². The highest BCUT2D eigenvalue weighted by atomic mass is 16.5. The van der Waals surface area contributed by atoms with Gasteiger partial charge in [-0.2, -0.15) is 10.4 Å². The number of nitrogens with zero attached hydrogens (tertiary/aromatic N) is 3. The maximum absolute atomic E-state index is 12.7. The van der Waals surface area contributed by atoms with E-state index in [2.05, 4.69) is 10.2 Å². The summed E-state index contributed by atoms with van der Waals surface area (Å²) in [5.74, 6) is -0.683. The Bertz CT molecular complexity index is 1040. The smallest absolute Gasteiger partial charge is 0.359 e. The molecule has 0 aliphatic rings. The highest BCUT2D eigenvalue weighted by Crippen LogP contribution is 2.28. The summed E-state index contributed by atoms with van der Waals surface area (Å²) in [4.78, 5) is 26.5. The molecule has 2 aromatic carbocycles. The molecule has 1 N–H and O–H groups in total. The van der Waals surface area contributed by atoms with E-state index in [1.54, 1.807) is 42.5 Å². The van der Waals surface area contributed by atoms with Gasteiger partial charge in [-0.25, -0.2) is 4.79 Å². The third kappa shape index (κ3) is 3.94. The van der Waals surface area contributed by atoms with Gasteiger partial charge in [0, 0.05) is 11.9 Å². The molecule has 1 amide bonds. The molecule has 0 unspecified atom stereocenters. The van der Waals surface area contributed by atoms with Gasteiger partial charge in [-0.15, -0.1) is 0 Å². The number of anilines is 1. The highest BCUT2D eigenvalue weighted by molar-refractivity contribution is 6.03. The monoisotopic (exact) mass is 378 g/mol. The van der Waals surface area contributed by atoms with Gasteiger partial charge >= 0.3 is 5.97 Å². The Hall–Kier alpha value is -3.86. The lowest BCUT2D eigenvalue weighted by Crippen LogP contribution is -2.35. The van der Waals surface area contributed by atoms with Crippen molar-refractivity contribution >= 4 is 28.5 Å². The van der Waals surface area contributed by atoms with Crippen molar-refractivity contribution < 1.29 is 19.1 Å². The van der Waals surface area contributed by atoms with Crippen LogP contribution in [0.1, 0.15) is 16.9 Å². The fraction of sp³-hybridized carbons (Fsp3) is 0.200. The average molecular weight is 378 g/mol. The van der Waals surface area contributed by atoms with Gasteiger partial charge in [-0.1, -0.05) is 30.3 Å². The number of carbonyl (C=O) groups is 2. The number of aromatic nitrogens is 2. The van der Waals surface area contributed by atoms with E-state index in [9.17, 15) is 9.59 Å². The minimum absolute atomic E-state index is 0.115. The summed E-state index contributed by atoms with van der Waals surface area (Å²) in [7, 11) is 1.49. The van der Waals surface area contributed by atoms with Crippen LogP contribution in [0.25, 0.3) is 10.9 Å². The molecule has 3 aromatic rings. The van der Waals surface area contributed by atoms with E-state index >= 15 is 0 Å². The van der Waals surface area contributed by atoms with Crippen molar-refractivity contribution in [1.82, 2.24) is 10.2 Å². The zero-order valence-electron chi connectivity index (χ0n) is 15.2. The first-order chi connectivity index (χ1) is 13.7. The van der Waals surface area contributed by atoms with Crippen molar-refractivity contribution in [3.63, 3.8) is 0 Å². The Balaban J connectivity index is 1.75. The molecule has 0 aliphatic carbocycles. The summed E-state index contributed by atoms with van der Waals surface area (Å²) in [6.07, 6.45) is 0.127. The van der Waals surface area contributed by atoms with Crippen LogP contribution in [0.2, 0.25) is 0 Å². The van der Waals surface area contributed by atoms with Crippen LogP contribution in [0.4, 0.5) is 5.69 Å². The molecule has 8 nitrogen and oxygen atoms in total. The summed E-state index contributed by atoms with van der Waals surface area (Å²) >= 11 is 0. The normalized spacial score (nSPS) is 10.3. The second-order valence-corrected chi connectivity index (χ2v) is 5.82. The third-order valence-electron chi connectivity index (χ3n) is 4.11. The van der Waals surface area contributed by atoms with Crippen molar-refractivity contribution in [2.75, 3.05) is 25.2 Å². The number of hydrogen-bond acceptors (Lipinski definition) is 6. The minimum Gasteiger partial charge on any atom is -0.495 e. The Labute approximate surface area is 161 Å². The number of rotatable bonds is 7. The van der Waals surface area contributed by atoms with Gasteiger partial charge in [0.25, 0.3) is 5.91 Å². The fourth-order valence-corrected chi connectivity index (χ4v) is 2.79. The van der Waals surface area contributed by atoms with E-state index in [1.807, 2.05) is 12.1 Å². The van der Waals surface area contributed by atoms with Crippen molar-refractivity contribution in [2.24, 2.45) is 0 Å². The van der Waals surface area contributed by atoms with Crippen LogP contribution in [0, 0.1) is 11.3 Å². The SMILES string of the molecule is COc1ccccc1N(CCC#N)C(=O)COC(=O)c1n[nH]c2ccccc12. The quantitative estimate of drug-likeness (QED) is 0.633. The first-order valence-electron chi connectivity index (χ1n) is 8.56. The Morgan fingerprint density at radius 1 is 1.18 bits per heavy atom. The molecule has 0 spiro atoms. The molecule has 0 bridgehead atoms. The second kappa shape index (κ2) is 8.68. The molecule has 142 valence electrons. The van der Waals surface area contributed by atoms with Crippen LogP contribution >= 0.6 is 0 Å². The Kier molecular flexibility index (Phi) is 5.87. The van der Waals surface area contributed by atoms with Crippen LogP contribution < -0.4 is 9.64 Å². The molecule has 8 heteroatoms. The van der Waals surface area contributed by atoms with Crippen LogP contribution in [0.5, 0.6) is 5.75 Å². The number of para-hydroxylation sites is 3. The predicted molar refractivity (Wildman–Crippen MR) is 102 cm³/mol. The van der Waals surface area contributed by atoms with Crippen LogP contribution in [-0.4, -0.2) is 42.3 Å². The number of benzene rings is 2. The molecule has 1 heterocycles. The lowest BCUT2D eigenvalue weighted by molar-refractivity contribution is -0.121. The maximum Gasteiger partial charge on any atom is 0.359 e. The lowest BCUT2D eigenvalue weighted by atomic mass is 10.2. The van der Waals surface area contributed by atoms with Crippen LogP contribution in [0.15, 0.2) is 48.5 Å². The number of fused-ring (bicyclic) bond motifs is 1. The van der Waals surface area contributed by atoms with E-state index in [1.165, 1.54) is 12.0 Å². The summed E-state index contributed by atoms with van der Waals surface area (Å²) in [5, 5.41) is 16.2. The number of methoxy groups -OCH3 is 1. The number of nitriles is 1. The van der Waals surface area contributed by atoms with E-state index in [0.717, 1.165) is 0 Å². The van der Waals surface area contributed by atoms with Gasteiger partial charge in [-0.05, 0) is 18.2 Å². The predicted octanol–water partition coefficient (Wildman–Crippen LogP) is 2.68. The van der Waals surface area contributed by atoms with E-state index < -0.39 is 18.5 Å². The summed E-state index contributed by atoms with van der Waals surface area (Å²) < 4.78 is 10.5. The maximum atomic E-state index is 12.7.